The van der Waals surface area contributed by atoms with Crippen molar-refractivity contribution >= 4 is 55.3 Å². The first-order chi connectivity index (χ1) is 28.3. The van der Waals surface area contributed by atoms with E-state index in [0.717, 1.165) is 43.9 Å². The van der Waals surface area contributed by atoms with Crippen molar-refractivity contribution < 1.29 is 30.7 Å². The van der Waals surface area contributed by atoms with E-state index >= 15 is 0 Å². The van der Waals surface area contributed by atoms with Crippen molar-refractivity contribution in [1.82, 2.24) is 9.55 Å². The molecule has 0 amide bonds. The van der Waals surface area contributed by atoms with Crippen molar-refractivity contribution in [3.8, 4) is 39.6 Å². The van der Waals surface area contributed by atoms with E-state index in [9.17, 15) is 0 Å². The van der Waals surface area contributed by atoms with Gasteiger partial charge in [-0.1, -0.05) is 126 Å². The summed E-state index contributed by atoms with van der Waals surface area (Å²) in [4.78, 5) is 8.10. The van der Waals surface area contributed by atoms with E-state index in [0.29, 0.717) is 11.5 Å². The number of pyridine rings is 1. The van der Waals surface area contributed by atoms with Gasteiger partial charge in [-0.25, -0.2) is 4.98 Å². The molecule has 1 aliphatic heterocycles. The number of fused-ring (bicyclic) bond motifs is 6. The molecule has 3 heterocycles. The topological polar surface area (TPSA) is 34.7 Å². The molecule has 1 atom stereocenters. The Morgan fingerprint density at radius 3 is 1.95 bits per heavy atom. The molecule has 0 aliphatic carbocycles. The molecule has 1 aliphatic rings. The average molecular weight is 926 g/mol. The maximum atomic E-state index is 6.60. The molecule has 11 rings (SSSR count). The zero-order valence-corrected chi connectivity index (χ0v) is 33.4. The number of nitrogens with one attached hydrogen (secondary N) is 1. The predicted octanol–water partition coefficient (Wildman–Crippen LogP) is 12.2. The zero-order chi connectivity index (χ0) is 37.7. The second-order valence-electron chi connectivity index (χ2n) is 14.2. The third-order valence-corrected chi connectivity index (χ3v) is 10.9. The number of hydrogen-bond acceptors (Lipinski definition) is 3. The molecule has 58 heavy (non-hydrogen) atoms. The molecular weight excluding hydrogens is 892 g/mol. The number of rotatable bonds is 7. The minimum atomic E-state index is 0. The van der Waals surface area contributed by atoms with E-state index in [1.165, 1.54) is 44.4 Å². The van der Waals surface area contributed by atoms with Crippen LogP contribution in [0.25, 0.3) is 60.6 Å². The second kappa shape index (κ2) is 14.9. The third-order valence-electron chi connectivity index (χ3n) is 10.9. The fourth-order valence-electron chi connectivity index (χ4n) is 8.37. The molecule has 0 saturated heterocycles. The number of nitrogens with zero attached hydrogens (tertiary/aromatic N) is 3. The van der Waals surface area contributed by atoms with Crippen LogP contribution in [0, 0.1) is 18.8 Å². The molecule has 8 aromatic carbocycles. The number of aromatic nitrogens is 2. The molecular formula is C52H34N4OPt-2. The van der Waals surface area contributed by atoms with E-state index in [1.807, 2.05) is 42.6 Å². The van der Waals surface area contributed by atoms with Crippen LogP contribution in [0.1, 0.15) is 0 Å². The van der Waals surface area contributed by atoms with E-state index in [2.05, 4.69) is 185 Å². The number of para-hydroxylation sites is 2. The van der Waals surface area contributed by atoms with Gasteiger partial charge < -0.3 is 19.1 Å². The van der Waals surface area contributed by atoms with E-state index in [1.54, 1.807) is 0 Å². The van der Waals surface area contributed by atoms with Crippen LogP contribution < -0.4 is 14.5 Å². The van der Waals surface area contributed by atoms with E-state index < -0.39 is 0 Å². The van der Waals surface area contributed by atoms with Gasteiger partial charge in [0.25, 0.3) is 0 Å². The Morgan fingerprint density at radius 1 is 0.517 bits per heavy atom. The smallest absolute Gasteiger partial charge is 0.140 e. The molecule has 0 saturated carbocycles. The van der Waals surface area contributed by atoms with Gasteiger partial charge in [0.1, 0.15) is 17.2 Å². The number of anilines is 2. The number of benzene rings is 8. The minimum absolute atomic E-state index is 0. The number of quaternary nitrogens is 1. The minimum Gasteiger partial charge on any atom is -0.509 e. The molecule has 5 nitrogen and oxygen atoms in total. The molecule has 6 heteroatoms. The van der Waals surface area contributed by atoms with Crippen LogP contribution in [0.2, 0.25) is 0 Å². The van der Waals surface area contributed by atoms with Gasteiger partial charge in [0.05, 0.1) is 5.69 Å². The van der Waals surface area contributed by atoms with Gasteiger partial charge in [-0.3, -0.25) is 0 Å². The van der Waals surface area contributed by atoms with Crippen LogP contribution >= 0.6 is 0 Å². The largest absolute Gasteiger partial charge is 0.509 e. The Kier molecular flexibility index (Phi) is 9.18. The first-order valence-electron chi connectivity index (χ1n) is 19.1. The van der Waals surface area contributed by atoms with Gasteiger partial charge in [-0.15, -0.1) is 35.7 Å². The Morgan fingerprint density at radius 2 is 1.19 bits per heavy atom. The summed E-state index contributed by atoms with van der Waals surface area (Å²) < 4.78 is 8.75. The number of ether oxygens (including phenoxy) is 1. The quantitative estimate of drug-likeness (QED) is 0.162. The summed E-state index contributed by atoms with van der Waals surface area (Å²) in [5.74, 6) is 2.03. The first-order valence-corrected chi connectivity index (χ1v) is 19.1. The van der Waals surface area contributed by atoms with Crippen LogP contribution in [-0.4, -0.2) is 9.55 Å². The molecule has 1 N–H and O–H groups in total. The monoisotopic (exact) mass is 925 g/mol. The first kappa shape index (κ1) is 35.6. The summed E-state index contributed by atoms with van der Waals surface area (Å²) in [6.45, 7) is 2.28. The van der Waals surface area contributed by atoms with Crippen molar-refractivity contribution in [2.24, 2.45) is 0 Å². The molecule has 0 fully saturated rings. The SMILES string of the molecule is [Pt].[c-]1c(Oc2[c-]c3c(cc2)c2ccccc2n3-c2ccccn2)cccc1N1[CH-][NH+](c2c(-c3ccccc3)cccc2-c2ccccc2)c2c1ccc1ccccc21. The average Bonchev–Trinajstić information content (AvgIpc) is 3.83. The number of hydrogen-bond donors (Lipinski definition) is 1. The molecule has 10 aromatic rings. The van der Waals surface area contributed by atoms with Gasteiger partial charge in [-0.05, 0) is 71.0 Å². The normalized spacial score (nSPS) is 13.4. The molecule has 2 aromatic heterocycles. The molecule has 1 unspecified atom stereocenters. The predicted molar refractivity (Wildman–Crippen MR) is 231 cm³/mol. The standard InChI is InChI=1S/C52H34N4O.Pt/c1-3-15-36(16-4-1)42-24-14-25-43(37-17-5-2-6-18-37)51(42)55-35-54(48-31-28-38-19-7-8-22-44(38)52(48)55)39-20-13-21-40(33-39)57-41-29-30-46-45-23-9-10-26-47(45)56(49(46)34-41)50-27-11-12-32-53-50;/h1-32,35,55H;/q-2;. The van der Waals surface area contributed by atoms with E-state index in [4.69, 9.17) is 4.74 Å². The summed E-state index contributed by atoms with van der Waals surface area (Å²) in [6, 6.07) is 72.9. The Hall–Kier alpha value is -6.78. The van der Waals surface area contributed by atoms with Crippen LogP contribution in [0.15, 0.2) is 194 Å². The summed E-state index contributed by atoms with van der Waals surface area (Å²) in [5.41, 5.74) is 11.0. The van der Waals surface area contributed by atoms with Crippen LogP contribution in [0.5, 0.6) is 11.5 Å². The fourth-order valence-corrected chi connectivity index (χ4v) is 8.37. The molecule has 0 bridgehead atoms. The van der Waals surface area contributed by atoms with Gasteiger partial charge in [0, 0.05) is 60.8 Å². The Balaban J connectivity index is 0.00000408. The summed E-state index contributed by atoms with van der Waals surface area (Å²) in [6.07, 6.45) is 1.82. The Bertz CT molecular complexity index is 3040. The maximum absolute atomic E-state index is 6.60. The fraction of sp³-hybridized carbons (Fsp3) is 0. The van der Waals surface area contributed by atoms with Crippen LogP contribution in [0.3, 0.4) is 0 Å². The second-order valence-corrected chi connectivity index (χ2v) is 14.2. The van der Waals surface area contributed by atoms with Gasteiger partial charge in [0.2, 0.25) is 0 Å². The summed E-state index contributed by atoms with van der Waals surface area (Å²) >= 11 is 0. The van der Waals surface area contributed by atoms with Crippen LogP contribution in [-0.2, 0) is 21.1 Å². The molecule has 0 spiro atoms. The zero-order valence-electron chi connectivity index (χ0n) is 31.1. The van der Waals surface area contributed by atoms with Gasteiger partial charge in [-0.2, -0.15) is 12.1 Å². The summed E-state index contributed by atoms with van der Waals surface area (Å²) in [5, 5.41) is 4.62. The Labute approximate surface area is 351 Å². The maximum Gasteiger partial charge on any atom is 0.140 e. The van der Waals surface area contributed by atoms with Gasteiger partial charge >= 0.3 is 0 Å². The van der Waals surface area contributed by atoms with Crippen molar-refractivity contribution in [2.75, 3.05) is 4.90 Å². The van der Waals surface area contributed by atoms with Gasteiger partial charge in [0.15, 0.2) is 0 Å². The van der Waals surface area contributed by atoms with Crippen molar-refractivity contribution in [1.29, 1.82) is 0 Å². The van der Waals surface area contributed by atoms with Crippen LogP contribution in [0.4, 0.5) is 22.7 Å². The van der Waals surface area contributed by atoms with Crippen molar-refractivity contribution in [3.63, 3.8) is 0 Å². The van der Waals surface area contributed by atoms with Crippen molar-refractivity contribution in [2.45, 2.75) is 0 Å². The molecule has 0 radical (unpaired) electrons. The van der Waals surface area contributed by atoms with E-state index in [-0.39, 0.29) is 21.1 Å². The van der Waals surface area contributed by atoms with Crippen molar-refractivity contribution in [3.05, 3.63) is 213 Å². The third kappa shape index (κ3) is 6.08. The molecule has 280 valence electrons. The summed E-state index contributed by atoms with van der Waals surface area (Å²) in [7, 11) is 0.